The SMILES string of the molecule is Cc1noc(C(NCc2ncccc2C(F)(F)F)C2CCOCC2)n1. The molecule has 2 aromatic rings. The van der Waals surface area contributed by atoms with Gasteiger partial charge in [0.25, 0.3) is 0 Å². The zero-order chi connectivity index (χ0) is 17.9. The second kappa shape index (κ2) is 7.49. The molecule has 1 N–H and O–H groups in total. The van der Waals surface area contributed by atoms with Crippen molar-refractivity contribution in [2.45, 2.75) is 38.5 Å². The maximum Gasteiger partial charge on any atom is 0.418 e. The molecule has 1 atom stereocenters. The Labute approximate surface area is 142 Å². The van der Waals surface area contributed by atoms with Crippen molar-refractivity contribution in [1.29, 1.82) is 0 Å². The van der Waals surface area contributed by atoms with Crippen molar-refractivity contribution in [3.63, 3.8) is 0 Å². The van der Waals surface area contributed by atoms with E-state index >= 15 is 0 Å². The van der Waals surface area contributed by atoms with Crippen molar-refractivity contribution in [2.24, 2.45) is 5.92 Å². The fourth-order valence-corrected chi connectivity index (χ4v) is 2.99. The number of aromatic nitrogens is 3. The van der Waals surface area contributed by atoms with Gasteiger partial charge in [0.2, 0.25) is 5.89 Å². The van der Waals surface area contributed by atoms with Gasteiger partial charge in [0.05, 0.1) is 17.3 Å². The van der Waals surface area contributed by atoms with Gasteiger partial charge in [0, 0.05) is 26.0 Å². The molecular weight excluding hydrogens is 337 g/mol. The second-order valence-corrected chi connectivity index (χ2v) is 5.98. The highest BCUT2D eigenvalue weighted by molar-refractivity contribution is 5.23. The van der Waals surface area contributed by atoms with E-state index in [0.29, 0.717) is 24.9 Å². The minimum atomic E-state index is -4.44. The fourth-order valence-electron chi connectivity index (χ4n) is 2.99. The lowest BCUT2D eigenvalue weighted by Crippen LogP contribution is -2.33. The average Bonchev–Trinajstić information content (AvgIpc) is 3.02. The van der Waals surface area contributed by atoms with E-state index in [1.165, 1.54) is 12.3 Å². The summed E-state index contributed by atoms with van der Waals surface area (Å²) in [6.45, 7) is 2.87. The Morgan fingerprint density at radius 1 is 1.32 bits per heavy atom. The van der Waals surface area contributed by atoms with Crippen molar-refractivity contribution < 1.29 is 22.4 Å². The molecule has 0 radical (unpaired) electrons. The molecular formula is C16H19F3N4O2. The third-order valence-corrected chi connectivity index (χ3v) is 4.23. The number of nitrogens with one attached hydrogen (secondary N) is 1. The van der Waals surface area contributed by atoms with Crippen molar-refractivity contribution in [2.75, 3.05) is 13.2 Å². The topological polar surface area (TPSA) is 73.1 Å². The van der Waals surface area contributed by atoms with E-state index in [9.17, 15) is 13.2 Å². The summed E-state index contributed by atoms with van der Waals surface area (Å²) in [4.78, 5) is 8.13. The van der Waals surface area contributed by atoms with Crippen LogP contribution in [0.15, 0.2) is 22.9 Å². The molecule has 9 heteroatoms. The third-order valence-electron chi connectivity index (χ3n) is 4.23. The smallest absolute Gasteiger partial charge is 0.381 e. The van der Waals surface area contributed by atoms with E-state index in [1.54, 1.807) is 6.92 Å². The van der Waals surface area contributed by atoms with Gasteiger partial charge in [-0.2, -0.15) is 18.2 Å². The maximum atomic E-state index is 13.1. The number of alkyl halides is 3. The molecule has 0 aromatic carbocycles. The van der Waals surface area contributed by atoms with E-state index in [-0.39, 0.29) is 24.2 Å². The highest BCUT2D eigenvalue weighted by atomic mass is 19.4. The monoisotopic (exact) mass is 356 g/mol. The highest BCUT2D eigenvalue weighted by Gasteiger charge is 2.35. The summed E-state index contributed by atoms with van der Waals surface area (Å²) in [5.41, 5.74) is -0.793. The summed E-state index contributed by atoms with van der Waals surface area (Å²) in [6.07, 6.45) is -1.55. The molecule has 1 aliphatic rings. The molecule has 2 aromatic heterocycles. The van der Waals surface area contributed by atoms with Gasteiger partial charge in [-0.25, -0.2) is 0 Å². The van der Waals surface area contributed by atoms with Gasteiger partial charge < -0.3 is 9.26 Å². The van der Waals surface area contributed by atoms with Gasteiger partial charge in [-0.3, -0.25) is 10.3 Å². The Balaban J connectivity index is 1.79. The van der Waals surface area contributed by atoms with Crippen LogP contribution >= 0.6 is 0 Å². The van der Waals surface area contributed by atoms with Crippen LogP contribution in [-0.2, 0) is 17.5 Å². The summed E-state index contributed by atoms with van der Waals surface area (Å²) in [5, 5.41) is 6.92. The quantitative estimate of drug-likeness (QED) is 0.888. The molecule has 0 spiro atoms. The minimum absolute atomic E-state index is 0.0425. The van der Waals surface area contributed by atoms with Crippen molar-refractivity contribution in [1.82, 2.24) is 20.4 Å². The number of nitrogens with zero attached hydrogens (tertiary/aromatic N) is 3. The Hall–Kier alpha value is -2.00. The zero-order valence-corrected chi connectivity index (χ0v) is 13.7. The van der Waals surface area contributed by atoms with Crippen LogP contribution in [0.25, 0.3) is 0 Å². The van der Waals surface area contributed by atoms with E-state index in [2.05, 4.69) is 20.4 Å². The number of ether oxygens (including phenoxy) is 1. The summed E-state index contributed by atoms with van der Waals surface area (Å²) >= 11 is 0. The molecule has 0 bridgehead atoms. The first kappa shape index (κ1) is 17.8. The molecule has 6 nitrogen and oxygen atoms in total. The molecule has 3 rings (SSSR count). The van der Waals surface area contributed by atoms with Gasteiger partial charge in [-0.05, 0) is 37.8 Å². The maximum absolute atomic E-state index is 13.1. The van der Waals surface area contributed by atoms with Gasteiger partial charge >= 0.3 is 6.18 Å². The third kappa shape index (κ3) is 4.35. The Morgan fingerprint density at radius 3 is 2.72 bits per heavy atom. The second-order valence-electron chi connectivity index (χ2n) is 5.98. The summed E-state index contributed by atoms with van der Waals surface area (Å²) in [5.74, 6) is 1.02. The van der Waals surface area contributed by atoms with Crippen LogP contribution in [0.3, 0.4) is 0 Å². The van der Waals surface area contributed by atoms with E-state index < -0.39 is 11.7 Å². The molecule has 1 saturated heterocycles. The number of hydrogen-bond donors (Lipinski definition) is 1. The number of pyridine rings is 1. The minimum Gasteiger partial charge on any atom is -0.381 e. The zero-order valence-electron chi connectivity index (χ0n) is 13.7. The van der Waals surface area contributed by atoms with Crippen LogP contribution in [0.2, 0.25) is 0 Å². The lowest BCUT2D eigenvalue weighted by atomic mass is 9.91. The van der Waals surface area contributed by atoms with E-state index in [4.69, 9.17) is 9.26 Å². The van der Waals surface area contributed by atoms with Crippen LogP contribution in [-0.4, -0.2) is 28.3 Å². The van der Waals surface area contributed by atoms with Crippen LogP contribution in [0.1, 0.15) is 41.9 Å². The molecule has 3 heterocycles. The predicted octanol–water partition coefficient (Wildman–Crippen LogP) is 3.05. The van der Waals surface area contributed by atoms with Crippen LogP contribution in [0, 0.1) is 12.8 Å². The van der Waals surface area contributed by atoms with Crippen molar-refractivity contribution in [3.8, 4) is 0 Å². The van der Waals surface area contributed by atoms with Crippen LogP contribution in [0.4, 0.5) is 13.2 Å². The average molecular weight is 356 g/mol. The summed E-state index contributed by atoms with van der Waals surface area (Å²) in [6, 6.07) is 1.97. The molecule has 0 aliphatic carbocycles. The van der Waals surface area contributed by atoms with Gasteiger partial charge in [0.1, 0.15) is 0 Å². The molecule has 1 fully saturated rings. The summed E-state index contributed by atoms with van der Waals surface area (Å²) in [7, 11) is 0. The number of halogens is 3. The van der Waals surface area contributed by atoms with Crippen molar-refractivity contribution >= 4 is 0 Å². The molecule has 0 saturated carbocycles. The first-order valence-electron chi connectivity index (χ1n) is 8.07. The van der Waals surface area contributed by atoms with Gasteiger partial charge in [-0.15, -0.1) is 0 Å². The molecule has 1 aliphatic heterocycles. The lowest BCUT2D eigenvalue weighted by molar-refractivity contribution is -0.138. The standard InChI is InChI=1S/C16H19F3N4O2/c1-10-22-15(25-23-10)14(11-4-7-24-8-5-11)21-9-13-12(16(17,18)19)3-2-6-20-13/h2-3,6,11,14,21H,4-5,7-9H2,1H3. The largest absolute Gasteiger partial charge is 0.418 e. The first-order chi connectivity index (χ1) is 11.9. The Morgan fingerprint density at radius 2 is 2.08 bits per heavy atom. The Bertz CT molecular complexity index is 699. The molecule has 0 amide bonds. The molecule has 25 heavy (non-hydrogen) atoms. The number of rotatable bonds is 5. The molecule has 1 unspecified atom stereocenters. The number of hydrogen-bond acceptors (Lipinski definition) is 6. The van der Waals surface area contributed by atoms with Crippen LogP contribution in [0.5, 0.6) is 0 Å². The normalized spacial score (nSPS) is 17.6. The first-order valence-corrected chi connectivity index (χ1v) is 8.07. The highest BCUT2D eigenvalue weighted by Crippen LogP contribution is 2.33. The van der Waals surface area contributed by atoms with E-state index in [1.807, 2.05) is 0 Å². The summed E-state index contributed by atoms with van der Waals surface area (Å²) < 4.78 is 50.0. The van der Waals surface area contributed by atoms with E-state index in [0.717, 1.165) is 18.9 Å². The van der Waals surface area contributed by atoms with Gasteiger partial charge in [0.15, 0.2) is 5.82 Å². The Kier molecular flexibility index (Phi) is 5.33. The lowest BCUT2D eigenvalue weighted by Gasteiger charge is -2.28. The van der Waals surface area contributed by atoms with Gasteiger partial charge in [-0.1, -0.05) is 5.16 Å². The number of aryl methyl sites for hydroxylation is 1. The fraction of sp³-hybridized carbons (Fsp3) is 0.562. The molecule has 136 valence electrons. The predicted molar refractivity (Wildman–Crippen MR) is 81.4 cm³/mol. The van der Waals surface area contributed by atoms with Crippen molar-refractivity contribution in [3.05, 3.63) is 41.3 Å². The van der Waals surface area contributed by atoms with Crippen LogP contribution < -0.4 is 5.32 Å².